The summed E-state index contributed by atoms with van der Waals surface area (Å²) < 4.78 is 5.37. The van der Waals surface area contributed by atoms with Crippen molar-refractivity contribution in [1.82, 2.24) is 5.32 Å². The standard InChI is InChI=1S/C21H24N2O4/c1-2-3-12-21(22,19(24)25)23-20(26)27-13-18-16-10-6-4-8-14(16)15-9-5-7-11-17(15)18/h4-11,18H,2-3,12-13,22H2,1H3,(H,23,26)(H,24,25). The molecule has 1 unspecified atom stereocenters. The lowest BCUT2D eigenvalue weighted by atomic mass is 9.98. The fraction of sp³-hybridized carbons (Fsp3) is 0.333. The average Bonchev–Trinajstić information content (AvgIpc) is 2.98. The Hall–Kier alpha value is -2.86. The van der Waals surface area contributed by atoms with E-state index in [-0.39, 0.29) is 18.9 Å². The molecule has 6 heteroatoms. The van der Waals surface area contributed by atoms with Gasteiger partial charge in [0, 0.05) is 5.92 Å². The second-order valence-electron chi connectivity index (χ2n) is 6.83. The zero-order valence-electron chi connectivity index (χ0n) is 15.3. The first-order chi connectivity index (χ1) is 13.0. The van der Waals surface area contributed by atoms with Gasteiger partial charge < -0.3 is 9.84 Å². The quantitative estimate of drug-likeness (QED) is 0.650. The Morgan fingerprint density at radius 1 is 1.11 bits per heavy atom. The van der Waals surface area contributed by atoms with Crippen molar-refractivity contribution in [3.8, 4) is 11.1 Å². The molecule has 0 spiro atoms. The van der Waals surface area contributed by atoms with E-state index in [0.717, 1.165) is 28.7 Å². The Balaban J connectivity index is 1.71. The SMILES string of the molecule is CCCCC(N)(NC(=O)OCC1c2ccccc2-c2ccccc21)C(=O)O. The highest BCUT2D eigenvalue weighted by atomic mass is 16.5. The van der Waals surface area contributed by atoms with E-state index in [0.29, 0.717) is 6.42 Å². The van der Waals surface area contributed by atoms with Crippen molar-refractivity contribution in [3.05, 3.63) is 59.7 Å². The van der Waals surface area contributed by atoms with E-state index in [2.05, 4.69) is 5.32 Å². The van der Waals surface area contributed by atoms with Crippen LogP contribution in [-0.2, 0) is 9.53 Å². The van der Waals surface area contributed by atoms with Gasteiger partial charge in [-0.2, -0.15) is 0 Å². The van der Waals surface area contributed by atoms with Crippen LogP contribution in [0, 0.1) is 0 Å². The van der Waals surface area contributed by atoms with Crippen molar-refractivity contribution in [3.63, 3.8) is 0 Å². The maximum absolute atomic E-state index is 12.2. The van der Waals surface area contributed by atoms with Gasteiger partial charge in [-0.25, -0.2) is 9.59 Å². The van der Waals surface area contributed by atoms with Crippen LogP contribution in [0.3, 0.4) is 0 Å². The fourth-order valence-corrected chi connectivity index (χ4v) is 3.50. The van der Waals surface area contributed by atoms with Gasteiger partial charge >= 0.3 is 12.1 Å². The minimum absolute atomic E-state index is 0.0872. The number of ether oxygens (including phenoxy) is 1. The third-order valence-electron chi connectivity index (χ3n) is 4.98. The lowest BCUT2D eigenvalue weighted by Gasteiger charge is -2.26. The maximum Gasteiger partial charge on any atom is 0.409 e. The Bertz CT molecular complexity index is 806. The molecule has 3 rings (SSSR count). The number of nitrogens with one attached hydrogen (secondary N) is 1. The summed E-state index contributed by atoms with van der Waals surface area (Å²) in [5, 5.41) is 11.7. The molecular formula is C21H24N2O4. The molecule has 0 bridgehead atoms. The molecule has 4 N–H and O–H groups in total. The normalized spacial score (nSPS) is 14.7. The number of alkyl carbamates (subject to hydrolysis) is 1. The van der Waals surface area contributed by atoms with Crippen molar-refractivity contribution in [2.24, 2.45) is 5.73 Å². The number of nitrogens with two attached hydrogens (primary N) is 1. The average molecular weight is 368 g/mol. The van der Waals surface area contributed by atoms with Crippen LogP contribution in [0.1, 0.15) is 43.2 Å². The third kappa shape index (κ3) is 3.80. The molecule has 1 aliphatic rings. The molecule has 0 aliphatic heterocycles. The molecule has 0 fully saturated rings. The van der Waals surface area contributed by atoms with Gasteiger partial charge in [0.25, 0.3) is 0 Å². The number of benzene rings is 2. The van der Waals surface area contributed by atoms with E-state index in [9.17, 15) is 14.7 Å². The summed E-state index contributed by atoms with van der Waals surface area (Å²) in [5.74, 6) is -1.36. The molecule has 0 aromatic heterocycles. The molecule has 0 saturated carbocycles. The van der Waals surface area contributed by atoms with Crippen molar-refractivity contribution >= 4 is 12.1 Å². The molecule has 1 atom stereocenters. The number of unbranched alkanes of at least 4 members (excludes halogenated alkanes) is 1. The molecule has 1 amide bonds. The van der Waals surface area contributed by atoms with Crippen molar-refractivity contribution in [2.45, 2.75) is 37.8 Å². The van der Waals surface area contributed by atoms with Crippen molar-refractivity contribution in [1.29, 1.82) is 0 Å². The summed E-state index contributed by atoms with van der Waals surface area (Å²) in [5.41, 5.74) is 8.47. The largest absolute Gasteiger partial charge is 0.478 e. The maximum atomic E-state index is 12.2. The lowest BCUT2D eigenvalue weighted by Crippen LogP contribution is -2.61. The molecule has 0 radical (unpaired) electrons. The second kappa shape index (κ2) is 7.80. The number of hydrogen-bond acceptors (Lipinski definition) is 4. The highest BCUT2D eigenvalue weighted by Gasteiger charge is 2.36. The summed E-state index contributed by atoms with van der Waals surface area (Å²) in [6.07, 6.45) is 0.687. The van der Waals surface area contributed by atoms with Crippen LogP contribution in [0.2, 0.25) is 0 Å². The van der Waals surface area contributed by atoms with E-state index in [1.165, 1.54) is 0 Å². The zero-order valence-corrected chi connectivity index (χ0v) is 15.3. The highest BCUT2D eigenvalue weighted by Crippen LogP contribution is 2.44. The number of amides is 1. The van der Waals surface area contributed by atoms with Crippen LogP contribution in [0.15, 0.2) is 48.5 Å². The molecule has 1 aliphatic carbocycles. The summed E-state index contributed by atoms with van der Waals surface area (Å²) in [6.45, 7) is 2.04. The van der Waals surface area contributed by atoms with Crippen molar-refractivity contribution in [2.75, 3.05) is 6.61 Å². The topological polar surface area (TPSA) is 102 Å². The van der Waals surface area contributed by atoms with Crippen LogP contribution in [0.25, 0.3) is 11.1 Å². The van der Waals surface area contributed by atoms with Gasteiger partial charge in [-0.05, 0) is 35.1 Å². The van der Waals surface area contributed by atoms with Gasteiger partial charge in [-0.1, -0.05) is 61.9 Å². The van der Waals surface area contributed by atoms with E-state index >= 15 is 0 Å². The minimum atomic E-state index is -1.82. The van der Waals surface area contributed by atoms with Gasteiger partial charge in [0.05, 0.1) is 0 Å². The number of rotatable bonds is 7. The lowest BCUT2D eigenvalue weighted by molar-refractivity contribution is -0.144. The van der Waals surface area contributed by atoms with Gasteiger partial charge in [0.2, 0.25) is 0 Å². The van der Waals surface area contributed by atoms with E-state index in [1.807, 2.05) is 55.5 Å². The minimum Gasteiger partial charge on any atom is -0.478 e. The smallest absolute Gasteiger partial charge is 0.409 e. The third-order valence-corrected chi connectivity index (χ3v) is 4.98. The number of hydrogen-bond donors (Lipinski definition) is 3. The van der Waals surface area contributed by atoms with Gasteiger partial charge in [-0.15, -0.1) is 0 Å². The number of aliphatic carboxylic acids is 1. The fourth-order valence-electron chi connectivity index (χ4n) is 3.50. The van der Waals surface area contributed by atoms with Crippen LogP contribution in [0.4, 0.5) is 4.79 Å². The molecule has 0 heterocycles. The summed E-state index contributed by atoms with van der Waals surface area (Å²) in [6, 6.07) is 16.0. The van der Waals surface area contributed by atoms with Crippen LogP contribution in [-0.4, -0.2) is 29.4 Å². The molecule has 2 aromatic carbocycles. The molecule has 0 saturated heterocycles. The van der Waals surface area contributed by atoms with E-state index in [1.54, 1.807) is 0 Å². The first kappa shape index (κ1) is 18.9. The zero-order chi connectivity index (χ0) is 19.4. The summed E-state index contributed by atoms with van der Waals surface area (Å²) in [4.78, 5) is 23.7. The van der Waals surface area contributed by atoms with Crippen LogP contribution in [0.5, 0.6) is 0 Å². The van der Waals surface area contributed by atoms with Gasteiger partial charge in [0.15, 0.2) is 5.66 Å². The first-order valence-corrected chi connectivity index (χ1v) is 9.11. The Kier molecular flexibility index (Phi) is 5.46. The molecule has 6 nitrogen and oxygen atoms in total. The number of carbonyl (C=O) groups is 2. The van der Waals surface area contributed by atoms with Crippen molar-refractivity contribution < 1.29 is 19.4 Å². The Morgan fingerprint density at radius 2 is 1.67 bits per heavy atom. The first-order valence-electron chi connectivity index (χ1n) is 9.11. The van der Waals surface area contributed by atoms with E-state index < -0.39 is 17.7 Å². The van der Waals surface area contributed by atoms with Crippen LogP contribution < -0.4 is 11.1 Å². The monoisotopic (exact) mass is 368 g/mol. The summed E-state index contributed by atoms with van der Waals surface area (Å²) >= 11 is 0. The molecule has 142 valence electrons. The Morgan fingerprint density at radius 3 is 2.19 bits per heavy atom. The molecule has 27 heavy (non-hydrogen) atoms. The predicted octanol–water partition coefficient (Wildman–Crippen LogP) is 3.45. The predicted molar refractivity (Wildman–Crippen MR) is 102 cm³/mol. The molecule has 2 aromatic rings. The molecular weight excluding hydrogens is 344 g/mol. The number of carboxylic acids is 1. The van der Waals surface area contributed by atoms with Gasteiger partial charge in [0.1, 0.15) is 6.61 Å². The van der Waals surface area contributed by atoms with Crippen LogP contribution >= 0.6 is 0 Å². The number of carbonyl (C=O) groups excluding carboxylic acids is 1. The van der Waals surface area contributed by atoms with E-state index in [4.69, 9.17) is 10.5 Å². The second-order valence-corrected chi connectivity index (χ2v) is 6.83. The van der Waals surface area contributed by atoms with Gasteiger partial charge in [-0.3, -0.25) is 11.1 Å². The highest BCUT2D eigenvalue weighted by molar-refractivity contribution is 5.84. The summed E-state index contributed by atoms with van der Waals surface area (Å²) in [7, 11) is 0. The number of carboxylic acid groups (broad SMARTS) is 1. The Labute approximate surface area is 158 Å². The number of fused-ring (bicyclic) bond motifs is 3.